The SMILES string of the molecule is COC(=O)C1OC2C(O)OC3COC(C)OC3C2O1. The molecule has 0 saturated carbocycles. The lowest BCUT2D eigenvalue weighted by molar-refractivity contribution is -0.333. The summed E-state index contributed by atoms with van der Waals surface area (Å²) in [7, 11) is 1.24. The van der Waals surface area contributed by atoms with Gasteiger partial charge in [-0.05, 0) is 6.92 Å². The van der Waals surface area contributed by atoms with Crippen molar-refractivity contribution < 1.29 is 38.3 Å². The van der Waals surface area contributed by atoms with Crippen molar-refractivity contribution in [3.05, 3.63) is 0 Å². The molecule has 3 saturated heterocycles. The lowest BCUT2D eigenvalue weighted by Crippen LogP contribution is -2.61. The summed E-state index contributed by atoms with van der Waals surface area (Å²) in [6.45, 7) is 2.04. The van der Waals surface area contributed by atoms with Crippen molar-refractivity contribution in [2.24, 2.45) is 0 Å². The minimum atomic E-state index is -1.19. The van der Waals surface area contributed by atoms with Gasteiger partial charge in [-0.15, -0.1) is 0 Å². The Morgan fingerprint density at radius 3 is 2.63 bits per heavy atom. The van der Waals surface area contributed by atoms with Gasteiger partial charge in [-0.1, -0.05) is 0 Å². The molecule has 7 atom stereocenters. The van der Waals surface area contributed by atoms with Crippen molar-refractivity contribution >= 4 is 5.97 Å². The zero-order valence-corrected chi connectivity index (χ0v) is 10.6. The molecule has 3 rings (SSSR count). The zero-order valence-electron chi connectivity index (χ0n) is 10.6. The molecule has 19 heavy (non-hydrogen) atoms. The monoisotopic (exact) mass is 276 g/mol. The van der Waals surface area contributed by atoms with Crippen LogP contribution in [0.1, 0.15) is 6.92 Å². The number of rotatable bonds is 1. The van der Waals surface area contributed by atoms with E-state index >= 15 is 0 Å². The molecule has 0 aromatic heterocycles. The van der Waals surface area contributed by atoms with E-state index in [0.29, 0.717) is 6.61 Å². The number of hydrogen-bond donors (Lipinski definition) is 1. The lowest BCUT2D eigenvalue weighted by atomic mass is 9.98. The third kappa shape index (κ3) is 2.24. The van der Waals surface area contributed by atoms with Crippen molar-refractivity contribution in [1.29, 1.82) is 0 Å². The summed E-state index contributed by atoms with van der Waals surface area (Å²) < 4.78 is 31.6. The fourth-order valence-electron chi connectivity index (χ4n) is 2.51. The Labute approximate surface area is 109 Å². The van der Waals surface area contributed by atoms with Crippen LogP contribution in [-0.2, 0) is 33.2 Å². The van der Waals surface area contributed by atoms with E-state index in [4.69, 9.17) is 23.7 Å². The third-order valence-electron chi connectivity index (χ3n) is 3.41. The van der Waals surface area contributed by atoms with Crippen LogP contribution in [0.15, 0.2) is 0 Å². The molecule has 8 nitrogen and oxygen atoms in total. The Bertz CT molecular complexity index is 361. The van der Waals surface area contributed by atoms with Crippen molar-refractivity contribution in [2.75, 3.05) is 13.7 Å². The molecule has 0 radical (unpaired) electrons. The molecule has 7 unspecified atom stereocenters. The van der Waals surface area contributed by atoms with Gasteiger partial charge in [0.05, 0.1) is 13.7 Å². The van der Waals surface area contributed by atoms with Crippen molar-refractivity contribution in [2.45, 2.75) is 50.2 Å². The third-order valence-corrected chi connectivity index (χ3v) is 3.41. The second kappa shape index (κ2) is 4.97. The number of esters is 1. The average molecular weight is 276 g/mol. The van der Waals surface area contributed by atoms with E-state index in [1.54, 1.807) is 6.92 Å². The number of aliphatic hydroxyl groups excluding tert-OH is 1. The fraction of sp³-hybridized carbons (Fsp3) is 0.909. The van der Waals surface area contributed by atoms with Crippen LogP contribution in [0.4, 0.5) is 0 Å². The summed E-state index contributed by atoms with van der Waals surface area (Å²) >= 11 is 0. The molecule has 3 aliphatic rings. The van der Waals surface area contributed by atoms with Gasteiger partial charge in [-0.25, -0.2) is 4.79 Å². The number of carbonyl (C=O) groups is 1. The van der Waals surface area contributed by atoms with Gasteiger partial charge in [0, 0.05) is 0 Å². The number of methoxy groups -OCH3 is 1. The van der Waals surface area contributed by atoms with E-state index in [1.165, 1.54) is 7.11 Å². The number of ether oxygens (including phenoxy) is 6. The van der Waals surface area contributed by atoms with Crippen LogP contribution >= 0.6 is 0 Å². The zero-order chi connectivity index (χ0) is 13.6. The molecule has 0 aliphatic carbocycles. The summed E-state index contributed by atoms with van der Waals surface area (Å²) in [5.41, 5.74) is 0. The number of carbonyl (C=O) groups excluding carboxylic acids is 1. The second-order valence-electron chi connectivity index (χ2n) is 4.62. The van der Waals surface area contributed by atoms with Crippen molar-refractivity contribution in [3.8, 4) is 0 Å². The van der Waals surface area contributed by atoms with E-state index in [0.717, 1.165) is 0 Å². The van der Waals surface area contributed by atoms with Crippen LogP contribution in [0.5, 0.6) is 0 Å². The van der Waals surface area contributed by atoms with E-state index in [9.17, 15) is 9.90 Å². The predicted molar refractivity (Wildman–Crippen MR) is 56.7 cm³/mol. The van der Waals surface area contributed by atoms with Gasteiger partial charge in [0.25, 0.3) is 6.29 Å². The highest BCUT2D eigenvalue weighted by molar-refractivity contribution is 5.73. The Kier molecular flexibility index (Phi) is 3.46. The molecule has 0 bridgehead atoms. The highest BCUT2D eigenvalue weighted by atomic mass is 16.8. The Morgan fingerprint density at radius 1 is 1.16 bits per heavy atom. The normalized spacial score (nSPS) is 49.3. The van der Waals surface area contributed by atoms with Gasteiger partial charge in [-0.2, -0.15) is 0 Å². The Morgan fingerprint density at radius 2 is 1.89 bits per heavy atom. The van der Waals surface area contributed by atoms with Crippen molar-refractivity contribution in [3.63, 3.8) is 0 Å². The van der Waals surface area contributed by atoms with Gasteiger partial charge in [0.2, 0.25) is 0 Å². The maximum atomic E-state index is 11.4. The quantitative estimate of drug-likeness (QED) is 0.594. The first kappa shape index (κ1) is 13.2. The Hall–Kier alpha value is -0.770. The minimum Gasteiger partial charge on any atom is -0.465 e. The summed E-state index contributed by atoms with van der Waals surface area (Å²) in [6, 6.07) is 0. The van der Waals surface area contributed by atoms with Gasteiger partial charge in [-0.3, -0.25) is 0 Å². The largest absolute Gasteiger partial charge is 0.465 e. The summed E-state index contributed by atoms with van der Waals surface area (Å²) in [4.78, 5) is 11.4. The summed E-state index contributed by atoms with van der Waals surface area (Å²) in [5.74, 6) is -0.654. The van der Waals surface area contributed by atoms with E-state index in [1.807, 2.05) is 0 Å². The van der Waals surface area contributed by atoms with E-state index < -0.39 is 49.3 Å². The number of fused-ring (bicyclic) bond motifs is 3. The fourth-order valence-corrected chi connectivity index (χ4v) is 2.51. The molecule has 0 aromatic rings. The molecule has 0 spiro atoms. The van der Waals surface area contributed by atoms with Gasteiger partial charge < -0.3 is 33.5 Å². The van der Waals surface area contributed by atoms with Crippen LogP contribution in [0.2, 0.25) is 0 Å². The first-order valence-corrected chi connectivity index (χ1v) is 6.09. The van der Waals surface area contributed by atoms with Gasteiger partial charge in [0.15, 0.2) is 12.6 Å². The molecule has 8 heteroatoms. The van der Waals surface area contributed by atoms with Crippen LogP contribution in [-0.4, -0.2) is 68.1 Å². The molecule has 3 fully saturated rings. The molecule has 0 amide bonds. The first-order chi connectivity index (χ1) is 9.10. The molecule has 3 aliphatic heterocycles. The highest BCUT2D eigenvalue weighted by Gasteiger charge is 2.56. The highest BCUT2D eigenvalue weighted by Crippen LogP contribution is 2.36. The number of aliphatic hydroxyl groups is 1. The maximum Gasteiger partial charge on any atom is 0.363 e. The topological polar surface area (TPSA) is 92.7 Å². The smallest absolute Gasteiger partial charge is 0.363 e. The first-order valence-electron chi connectivity index (χ1n) is 6.09. The van der Waals surface area contributed by atoms with Gasteiger partial charge >= 0.3 is 5.97 Å². The maximum absolute atomic E-state index is 11.4. The Balaban J connectivity index is 1.77. The molecular weight excluding hydrogens is 260 g/mol. The molecule has 3 heterocycles. The molecule has 1 N–H and O–H groups in total. The minimum absolute atomic E-state index is 0.290. The van der Waals surface area contributed by atoms with Crippen LogP contribution < -0.4 is 0 Å². The molecular formula is C11H16O8. The van der Waals surface area contributed by atoms with Crippen LogP contribution in [0.3, 0.4) is 0 Å². The second-order valence-corrected chi connectivity index (χ2v) is 4.62. The predicted octanol–water partition coefficient (Wildman–Crippen LogP) is -1.25. The van der Waals surface area contributed by atoms with Crippen LogP contribution in [0, 0.1) is 0 Å². The number of hydrogen-bond acceptors (Lipinski definition) is 8. The standard InChI is InChI=1S/C11H16O8/c1-4-15-3-5-6(16-4)7-8(9(12)17-5)19-11(18-7)10(13)14-2/h4-9,11-12H,3H2,1-2H3. The summed E-state index contributed by atoms with van der Waals surface area (Å²) in [5, 5.41) is 9.87. The van der Waals surface area contributed by atoms with Crippen LogP contribution in [0.25, 0.3) is 0 Å². The van der Waals surface area contributed by atoms with E-state index in [2.05, 4.69) is 4.74 Å². The van der Waals surface area contributed by atoms with Crippen molar-refractivity contribution in [1.82, 2.24) is 0 Å². The summed E-state index contributed by atoms with van der Waals surface area (Å²) in [6.07, 6.45) is -5.04. The average Bonchev–Trinajstić information content (AvgIpc) is 2.85. The molecule has 108 valence electrons. The van der Waals surface area contributed by atoms with E-state index in [-0.39, 0.29) is 0 Å². The molecule has 0 aromatic carbocycles. The lowest BCUT2D eigenvalue weighted by Gasteiger charge is -2.44. The van der Waals surface area contributed by atoms with Gasteiger partial charge in [0.1, 0.15) is 24.4 Å².